The van der Waals surface area contributed by atoms with Gasteiger partial charge in [-0.25, -0.2) is 0 Å². The molecule has 130 valence electrons. The van der Waals surface area contributed by atoms with Crippen molar-refractivity contribution < 1.29 is 4.52 Å². The van der Waals surface area contributed by atoms with Crippen molar-refractivity contribution in [3.05, 3.63) is 29.2 Å². The van der Waals surface area contributed by atoms with Gasteiger partial charge in [0, 0.05) is 38.2 Å². The van der Waals surface area contributed by atoms with Crippen molar-refractivity contribution in [1.82, 2.24) is 29.7 Å². The molecule has 2 aliphatic rings. The van der Waals surface area contributed by atoms with Crippen molar-refractivity contribution in [3.63, 3.8) is 0 Å². The number of aryl methyl sites for hydroxylation is 1. The quantitative estimate of drug-likeness (QED) is 0.803. The standard InChI is InChI=1S/C17H26N6O/c1-12-8-15(24-20-12)10-23-7-6-14(9-23)21(2)11-16-18-19-17(22(16)3)13-4-5-13/h8,13-14H,4-7,9-11H2,1-3H3/t14-/m0/s1. The molecule has 24 heavy (non-hydrogen) atoms. The highest BCUT2D eigenvalue weighted by molar-refractivity contribution is 5.08. The van der Waals surface area contributed by atoms with Crippen LogP contribution in [0.1, 0.15) is 48.3 Å². The van der Waals surface area contributed by atoms with E-state index in [-0.39, 0.29) is 0 Å². The van der Waals surface area contributed by atoms with Gasteiger partial charge in [-0.2, -0.15) is 0 Å². The lowest BCUT2D eigenvalue weighted by molar-refractivity contribution is 0.208. The molecule has 1 aliphatic carbocycles. The van der Waals surface area contributed by atoms with Crippen molar-refractivity contribution >= 4 is 0 Å². The molecule has 1 saturated heterocycles. The minimum atomic E-state index is 0.551. The molecule has 1 saturated carbocycles. The average molecular weight is 330 g/mol. The van der Waals surface area contributed by atoms with Crippen LogP contribution in [0.3, 0.4) is 0 Å². The molecule has 0 bridgehead atoms. The Bertz CT molecular complexity index is 704. The number of likely N-dealkylation sites (tertiary alicyclic amines) is 1. The summed E-state index contributed by atoms with van der Waals surface area (Å²) in [6.07, 6.45) is 3.71. The van der Waals surface area contributed by atoms with Gasteiger partial charge in [0.05, 0.1) is 18.8 Å². The smallest absolute Gasteiger partial charge is 0.150 e. The van der Waals surface area contributed by atoms with Gasteiger partial charge < -0.3 is 9.09 Å². The van der Waals surface area contributed by atoms with Crippen molar-refractivity contribution in [1.29, 1.82) is 0 Å². The molecule has 0 spiro atoms. The zero-order valence-corrected chi connectivity index (χ0v) is 14.8. The van der Waals surface area contributed by atoms with Gasteiger partial charge in [0.2, 0.25) is 0 Å². The SMILES string of the molecule is Cc1cc(CN2CC[C@H](N(C)Cc3nnc(C4CC4)n3C)C2)on1. The summed E-state index contributed by atoms with van der Waals surface area (Å²) in [7, 11) is 4.29. The Balaban J connectivity index is 1.33. The van der Waals surface area contributed by atoms with Crippen LogP contribution in [0.2, 0.25) is 0 Å². The summed E-state index contributed by atoms with van der Waals surface area (Å²) in [5.74, 6) is 3.84. The zero-order chi connectivity index (χ0) is 16.7. The number of hydrogen-bond acceptors (Lipinski definition) is 6. The van der Waals surface area contributed by atoms with Crippen LogP contribution in [0, 0.1) is 6.92 Å². The highest BCUT2D eigenvalue weighted by atomic mass is 16.5. The number of hydrogen-bond donors (Lipinski definition) is 0. The van der Waals surface area contributed by atoms with Gasteiger partial charge in [-0.15, -0.1) is 10.2 Å². The van der Waals surface area contributed by atoms with Crippen LogP contribution in [0.15, 0.2) is 10.6 Å². The molecule has 2 aromatic rings. The van der Waals surface area contributed by atoms with E-state index in [2.05, 4.69) is 43.8 Å². The fraction of sp³-hybridized carbons (Fsp3) is 0.706. The van der Waals surface area contributed by atoms with E-state index in [4.69, 9.17) is 4.52 Å². The second-order valence-corrected chi connectivity index (χ2v) is 7.34. The summed E-state index contributed by atoms with van der Waals surface area (Å²) in [4.78, 5) is 4.85. The molecule has 3 heterocycles. The van der Waals surface area contributed by atoms with Crippen LogP contribution in [0.25, 0.3) is 0 Å². The van der Waals surface area contributed by atoms with Crippen LogP contribution < -0.4 is 0 Å². The maximum atomic E-state index is 5.34. The van der Waals surface area contributed by atoms with Crippen LogP contribution in [0.4, 0.5) is 0 Å². The first kappa shape index (κ1) is 15.8. The zero-order valence-electron chi connectivity index (χ0n) is 14.8. The van der Waals surface area contributed by atoms with Gasteiger partial charge in [0.15, 0.2) is 5.76 Å². The van der Waals surface area contributed by atoms with E-state index in [9.17, 15) is 0 Å². The molecular formula is C17H26N6O. The second-order valence-electron chi connectivity index (χ2n) is 7.34. The predicted octanol–water partition coefficient (Wildman–Crippen LogP) is 1.70. The van der Waals surface area contributed by atoms with Crippen LogP contribution in [-0.4, -0.2) is 55.9 Å². The van der Waals surface area contributed by atoms with E-state index < -0.39 is 0 Å². The summed E-state index contributed by atoms with van der Waals surface area (Å²) >= 11 is 0. The van der Waals surface area contributed by atoms with Gasteiger partial charge in [-0.3, -0.25) is 9.80 Å². The maximum absolute atomic E-state index is 5.34. The molecule has 0 amide bonds. The molecule has 1 atom stereocenters. The third-order valence-corrected chi connectivity index (χ3v) is 5.26. The van der Waals surface area contributed by atoms with Gasteiger partial charge in [0.1, 0.15) is 11.6 Å². The number of likely N-dealkylation sites (N-methyl/N-ethyl adjacent to an activating group) is 1. The molecule has 4 rings (SSSR count). The van der Waals surface area contributed by atoms with E-state index in [0.29, 0.717) is 12.0 Å². The normalized spacial score (nSPS) is 21.9. The lowest BCUT2D eigenvalue weighted by atomic mass is 10.2. The van der Waals surface area contributed by atoms with Crippen molar-refractivity contribution in [2.75, 3.05) is 20.1 Å². The minimum absolute atomic E-state index is 0.551. The van der Waals surface area contributed by atoms with E-state index in [1.54, 1.807) is 0 Å². The molecule has 7 heteroatoms. The third kappa shape index (κ3) is 3.23. The highest BCUT2D eigenvalue weighted by Crippen LogP contribution is 2.38. The van der Waals surface area contributed by atoms with Crippen LogP contribution in [0.5, 0.6) is 0 Å². The summed E-state index contributed by atoms with van der Waals surface area (Å²) in [5, 5.41) is 12.8. The second kappa shape index (κ2) is 6.29. The summed E-state index contributed by atoms with van der Waals surface area (Å²) in [6, 6.07) is 2.57. The molecule has 2 fully saturated rings. The largest absolute Gasteiger partial charge is 0.360 e. The Morgan fingerprint density at radius 3 is 2.83 bits per heavy atom. The monoisotopic (exact) mass is 330 g/mol. The molecule has 7 nitrogen and oxygen atoms in total. The lowest BCUT2D eigenvalue weighted by Gasteiger charge is -2.24. The minimum Gasteiger partial charge on any atom is -0.360 e. The molecule has 0 N–H and O–H groups in total. The van der Waals surface area contributed by atoms with Crippen LogP contribution in [-0.2, 0) is 20.1 Å². The Hall–Kier alpha value is -1.73. The molecule has 0 aromatic carbocycles. The van der Waals surface area contributed by atoms with Crippen molar-refractivity contribution in [2.24, 2.45) is 7.05 Å². The first-order valence-electron chi connectivity index (χ1n) is 8.83. The van der Waals surface area contributed by atoms with Gasteiger partial charge in [-0.05, 0) is 33.2 Å². The molecule has 0 radical (unpaired) electrons. The Morgan fingerprint density at radius 2 is 2.12 bits per heavy atom. The number of rotatable bonds is 6. The Morgan fingerprint density at radius 1 is 1.29 bits per heavy atom. The number of aromatic nitrogens is 4. The first-order chi connectivity index (χ1) is 11.6. The molecule has 2 aromatic heterocycles. The summed E-state index contributed by atoms with van der Waals surface area (Å²) in [6.45, 7) is 5.83. The third-order valence-electron chi connectivity index (χ3n) is 5.26. The van der Waals surface area contributed by atoms with E-state index in [1.165, 1.54) is 19.3 Å². The number of nitrogens with zero attached hydrogens (tertiary/aromatic N) is 6. The van der Waals surface area contributed by atoms with E-state index >= 15 is 0 Å². The topological polar surface area (TPSA) is 63.2 Å². The van der Waals surface area contributed by atoms with Gasteiger partial charge in [-0.1, -0.05) is 5.16 Å². The predicted molar refractivity (Wildman–Crippen MR) is 89.4 cm³/mol. The average Bonchev–Trinajstić information content (AvgIpc) is 2.96. The fourth-order valence-electron chi connectivity index (χ4n) is 3.59. The Labute approximate surface area is 142 Å². The van der Waals surface area contributed by atoms with Gasteiger partial charge >= 0.3 is 0 Å². The van der Waals surface area contributed by atoms with Crippen molar-refractivity contribution in [2.45, 2.75) is 51.2 Å². The highest BCUT2D eigenvalue weighted by Gasteiger charge is 2.31. The first-order valence-corrected chi connectivity index (χ1v) is 8.83. The van der Waals surface area contributed by atoms with Crippen LogP contribution >= 0.6 is 0 Å². The summed E-state index contributed by atoms with van der Waals surface area (Å²) < 4.78 is 7.53. The molecule has 0 unspecified atom stereocenters. The summed E-state index contributed by atoms with van der Waals surface area (Å²) in [5.41, 5.74) is 0.951. The van der Waals surface area contributed by atoms with Crippen molar-refractivity contribution in [3.8, 4) is 0 Å². The maximum Gasteiger partial charge on any atom is 0.150 e. The fourth-order valence-corrected chi connectivity index (χ4v) is 3.59. The molecular weight excluding hydrogens is 304 g/mol. The molecule has 1 aliphatic heterocycles. The van der Waals surface area contributed by atoms with Gasteiger partial charge in [0.25, 0.3) is 0 Å². The lowest BCUT2D eigenvalue weighted by Crippen LogP contribution is -2.34. The Kier molecular flexibility index (Phi) is 4.14. The van der Waals surface area contributed by atoms with E-state index in [0.717, 1.165) is 49.3 Å². The van der Waals surface area contributed by atoms with E-state index in [1.807, 2.05) is 13.0 Å².